The number of carbonyl (C=O) groups is 1. The predicted octanol–water partition coefficient (Wildman–Crippen LogP) is 2.47. The fourth-order valence-electron chi connectivity index (χ4n) is 1.85. The highest BCUT2D eigenvalue weighted by Gasteiger charge is 2.15. The number of rotatable bonds is 5. The largest absolute Gasteiger partial charge is 0.497 e. The van der Waals surface area contributed by atoms with Crippen molar-refractivity contribution >= 4 is 17.3 Å². The SMILES string of the molecule is COC(=O)C(N)Cc1ccc(-c2ccc(OC)cc2)s1. The van der Waals surface area contributed by atoms with Crippen LogP contribution in [0.5, 0.6) is 5.75 Å². The van der Waals surface area contributed by atoms with E-state index in [1.54, 1.807) is 18.4 Å². The number of hydrogen-bond acceptors (Lipinski definition) is 5. The molecular weight excluding hydrogens is 274 g/mol. The third-order valence-electron chi connectivity index (χ3n) is 2.96. The summed E-state index contributed by atoms with van der Waals surface area (Å²) in [6.07, 6.45) is 0.494. The van der Waals surface area contributed by atoms with Gasteiger partial charge in [0.25, 0.3) is 0 Å². The summed E-state index contributed by atoms with van der Waals surface area (Å²) in [5.74, 6) is 0.447. The third-order valence-corrected chi connectivity index (χ3v) is 4.12. The molecule has 20 heavy (non-hydrogen) atoms. The molecular formula is C15H17NO3S. The summed E-state index contributed by atoms with van der Waals surface area (Å²) in [6, 6.07) is 11.3. The smallest absolute Gasteiger partial charge is 0.323 e. The number of esters is 1. The number of nitrogens with two attached hydrogens (primary N) is 1. The Morgan fingerprint density at radius 1 is 1.20 bits per heavy atom. The Hall–Kier alpha value is -1.85. The van der Waals surface area contributed by atoms with Crippen LogP contribution >= 0.6 is 11.3 Å². The first kappa shape index (κ1) is 14.6. The molecule has 0 aliphatic carbocycles. The Labute approximate surface area is 122 Å². The summed E-state index contributed by atoms with van der Waals surface area (Å²) in [5.41, 5.74) is 6.88. The lowest BCUT2D eigenvalue weighted by atomic mass is 10.1. The van der Waals surface area contributed by atoms with Crippen LogP contribution < -0.4 is 10.5 Å². The molecule has 4 nitrogen and oxygen atoms in total. The second-order valence-corrected chi connectivity index (χ2v) is 5.50. The van der Waals surface area contributed by atoms with Crippen LogP contribution in [0.1, 0.15) is 4.88 Å². The quantitative estimate of drug-likeness (QED) is 0.860. The minimum atomic E-state index is -0.609. The molecule has 1 aromatic carbocycles. The maximum absolute atomic E-state index is 11.3. The van der Waals surface area contributed by atoms with E-state index in [1.165, 1.54) is 7.11 Å². The summed E-state index contributed by atoms with van der Waals surface area (Å²) in [7, 11) is 2.99. The van der Waals surface area contributed by atoms with Crippen LogP contribution in [0.15, 0.2) is 36.4 Å². The van der Waals surface area contributed by atoms with Gasteiger partial charge in [0.05, 0.1) is 14.2 Å². The summed E-state index contributed by atoms with van der Waals surface area (Å²) in [4.78, 5) is 13.5. The standard InChI is InChI=1S/C15H17NO3S/c1-18-11-5-3-10(4-6-11)14-8-7-12(20-14)9-13(16)15(17)19-2/h3-8,13H,9,16H2,1-2H3. The second-order valence-electron chi connectivity index (χ2n) is 4.33. The molecule has 5 heteroatoms. The van der Waals surface area contributed by atoms with Crippen molar-refractivity contribution in [2.45, 2.75) is 12.5 Å². The molecule has 0 aliphatic heterocycles. The molecule has 0 amide bonds. The summed E-state index contributed by atoms with van der Waals surface area (Å²) < 4.78 is 9.77. The molecule has 0 saturated heterocycles. The lowest BCUT2D eigenvalue weighted by Crippen LogP contribution is -2.33. The van der Waals surface area contributed by atoms with Gasteiger partial charge < -0.3 is 15.2 Å². The van der Waals surface area contributed by atoms with Crippen LogP contribution in [0.2, 0.25) is 0 Å². The van der Waals surface area contributed by atoms with Crippen molar-refractivity contribution in [3.8, 4) is 16.2 Å². The Bertz CT molecular complexity index is 577. The zero-order valence-corrected chi connectivity index (χ0v) is 12.3. The third kappa shape index (κ3) is 3.37. The van der Waals surface area contributed by atoms with Gasteiger partial charge in [-0.25, -0.2) is 0 Å². The van der Waals surface area contributed by atoms with Crippen molar-refractivity contribution in [2.75, 3.05) is 14.2 Å². The Kier molecular flexibility index (Phi) is 4.76. The molecule has 1 aromatic heterocycles. The van der Waals surface area contributed by atoms with E-state index in [4.69, 9.17) is 10.5 Å². The number of ether oxygens (including phenoxy) is 2. The minimum absolute atomic E-state index is 0.385. The van der Waals surface area contributed by atoms with Gasteiger partial charge in [0, 0.05) is 16.2 Å². The molecule has 106 valence electrons. The Morgan fingerprint density at radius 2 is 1.90 bits per heavy atom. The highest BCUT2D eigenvalue weighted by Crippen LogP contribution is 2.29. The van der Waals surface area contributed by atoms with Crippen molar-refractivity contribution in [3.05, 3.63) is 41.3 Å². The van der Waals surface area contributed by atoms with Gasteiger partial charge in [0.1, 0.15) is 11.8 Å². The van der Waals surface area contributed by atoms with Gasteiger partial charge in [-0.1, -0.05) is 0 Å². The second kappa shape index (κ2) is 6.54. The number of thiophene rings is 1. The Morgan fingerprint density at radius 3 is 2.50 bits per heavy atom. The monoisotopic (exact) mass is 291 g/mol. The van der Waals surface area contributed by atoms with Crippen LogP contribution in [-0.4, -0.2) is 26.2 Å². The molecule has 1 atom stereocenters. The maximum Gasteiger partial charge on any atom is 0.323 e. The van der Waals surface area contributed by atoms with Gasteiger partial charge in [-0.15, -0.1) is 11.3 Å². The van der Waals surface area contributed by atoms with Gasteiger partial charge in [-0.2, -0.15) is 0 Å². The molecule has 0 fully saturated rings. The zero-order chi connectivity index (χ0) is 14.5. The first-order chi connectivity index (χ1) is 9.63. The van der Waals surface area contributed by atoms with E-state index >= 15 is 0 Å². The first-order valence-electron chi connectivity index (χ1n) is 6.20. The van der Waals surface area contributed by atoms with Crippen molar-refractivity contribution in [3.63, 3.8) is 0 Å². The maximum atomic E-state index is 11.3. The lowest BCUT2D eigenvalue weighted by Gasteiger charge is -2.06. The van der Waals surface area contributed by atoms with E-state index in [9.17, 15) is 4.79 Å². The van der Waals surface area contributed by atoms with Crippen LogP contribution in [0.4, 0.5) is 0 Å². The minimum Gasteiger partial charge on any atom is -0.497 e. The van der Waals surface area contributed by atoms with Crippen molar-refractivity contribution in [1.82, 2.24) is 0 Å². The van der Waals surface area contributed by atoms with E-state index in [1.807, 2.05) is 36.4 Å². The molecule has 0 radical (unpaired) electrons. The number of methoxy groups -OCH3 is 2. The molecule has 1 heterocycles. The van der Waals surface area contributed by atoms with Crippen LogP contribution in [0.25, 0.3) is 10.4 Å². The van der Waals surface area contributed by atoms with Gasteiger partial charge in [-0.05, 0) is 42.0 Å². The van der Waals surface area contributed by atoms with Crippen LogP contribution in [0.3, 0.4) is 0 Å². The molecule has 2 aromatic rings. The lowest BCUT2D eigenvalue weighted by molar-refractivity contribution is -0.142. The molecule has 2 N–H and O–H groups in total. The fraction of sp³-hybridized carbons (Fsp3) is 0.267. The normalized spacial score (nSPS) is 11.9. The molecule has 0 aliphatic rings. The van der Waals surface area contributed by atoms with Crippen molar-refractivity contribution < 1.29 is 14.3 Å². The number of benzene rings is 1. The topological polar surface area (TPSA) is 61.5 Å². The molecule has 1 unspecified atom stereocenters. The average Bonchev–Trinajstić information content (AvgIpc) is 2.94. The van der Waals surface area contributed by atoms with Gasteiger partial charge in [0.2, 0.25) is 0 Å². The van der Waals surface area contributed by atoms with E-state index in [0.29, 0.717) is 6.42 Å². The van der Waals surface area contributed by atoms with Gasteiger partial charge in [0.15, 0.2) is 0 Å². The summed E-state index contributed by atoms with van der Waals surface area (Å²) in [6.45, 7) is 0. The van der Waals surface area contributed by atoms with E-state index in [2.05, 4.69) is 4.74 Å². The fourth-order valence-corrected chi connectivity index (χ4v) is 2.92. The van der Waals surface area contributed by atoms with E-state index < -0.39 is 6.04 Å². The van der Waals surface area contributed by atoms with Crippen molar-refractivity contribution in [2.24, 2.45) is 5.73 Å². The van der Waals surface area contributed by atoms with Crippen LogP contribution in [0, 0.1) is 0 Å². The zero-order valence-electron chi connectivity index (χ0n) is 11.5. The highest BCUT2D eigenvalue weighted by atomic mass is 32.1. The Balaban J connectivity index is 2.09. The van der Waals surface area contributed by atoms with E-state index in [0.717, 1.165) is 21.1 Å². The summed E-state index contributed by atoms with van der Waals surface area (Å²) in [5, 5.41) is 0. The average molecular weight is 291 g/mol. The van der Waals surface area contributed by atoms with Crippen LogP contribution in [-0.2, 0) is 16.0 Å². The van der Waals surface area contributed by atoms with E-state index in [-0.39, 0.29) is 5.97 Å². The number of hydrogen-bond donors (Lipinski definition) is 1. The molecule has 0 spiro atoms. The van der Waals surface area contributed by atoms with Gasteiger partial charge in [-0.3, -0.25) is 4.79 Å². The molecule has 0 saturated carbocycles. The summed E-state index contributed by atoms with van der Waals surface area (Å²) >= 11 is 1.63. The predicted molar refractivity (Wildman–Crippen MR) is 80.0 cm³/mol. The molecule has 0 bridgehead atoms. The highest BCUT2D eigenvalue weighted by molar-refractivity contribution is 7.15. The number of carbonyl (C=O) groups excluding carboxylic acids is 1. The van der Waals surface area contributed by atoms with Crippen molar-refractivity contribution in [1.29, 1.82) is 0 Å². The first-order valence-corrected chi connectivity index (χ1v) is 7.02. The molecule has 2 rings (SSSR count). The van der Waals surface area contributed by atoms with Gasteiger partial charge >= 0.3 is 5.97 Å².